The number of sulfone groups is 1. The van der Waals surface area contributed by atoms with Crippen molar-refractivity contribution in [3.63, 3.8) is 0 Å². The van der Waals surface area contributed by atoms with E-state index < -0.39 is 14.6 Å². The van der Waals surface area contributed by atoms with E-state index >= 15 is 0 Å². The van der Waals surface area contributed by atoms with Crippen LogP contribution in [0.3, 0.4) is 0 Å². The van der Waals surface area contributed by atoms with Crippen molar-refractivity contribution in [3.05, 3.63) is 21.0 Å². The van der Waals surface area contributed by atoms with Gasteiger partial charge in [0.25, 0.3) is 5.56 Å². The van der Waals surface area contributed by atoms with Crippen LogP contribution >= 0.6 is 15.9 Å². The largest absolute Gasteiger partial charge is 0.381 e. The van der Waals surface area contributed by atoms with Crippen LogP contribution in [0.5, 0.6) is 0 Å². The first-order valence-corrected chi connectivity index (χ1v) is 8.41. The molecule has 110 valence electrons. The van der Waals surface area contributed by atoms with Crippen LogP contribution in [0.15, 0.2) is 15.5 Å². The molecular formula is C12H16BrN3O3S. The lowest BCUT2D eigenvalue weighted by Gasteiger charge is -2.23. The van der Waals surface area contributed by atoms with E-state index in [0.717, 1.165) is 4.68 Å². The van der Waals surface area contributed by atoms with Gasteiger partial charge < -0.3 is 5.32 Å². The molecule has 0 aliphatic rings. The summed E-state index contributed by atoms with van der Waals surface area (Å²) >= 11 is 3.17. The fraction of sp³-hybridized carbons (Fsp3) is 0.500. The Kier molecular flexibility index (Phi) is 5.00. The molecule has 0 bridgehead atoms. The van der Waals surface area contributed by atoms with Crippen molar-refractivity contribution >= 4 is 31.5 Å². The number of nitrogens with zero attached hydrogens (tertiary/aromatic N) is 2. The summed E-state index contributed by atoms with van der Waals surface area (Å²) in [4.78, 5) is 11.9. The second-order valence-electron chi connectivity index (χ2n) is 4.92. The fourth-order valence-electron chi connectivity index (χ4n) is 1.23. The van der Waals surface area contributed by atoms with Crippen LogP contribution in [-0.2, 0) is 16.4 Å². The van der Waals surface area contributed by atoms with E-state index in [4.69, 9.17) is 6.42 Å². The smallest absolute Gasteiger partial charge is 0.284 e. The molecule has 0 radical (unpaired) electrons. The lowest BCUT2D eigenvalue weighted by molar-refractivity contribution is 0.559. The average molecular weight is 362 g/mol. The van der Waals surface area contributed by atoms with Gasteiger partial charge in [0.15, 0.2) is 9.84 Å². The Morgan fingerprint density at radius 2 is 2.15 bits per heavy atom. The second-order valence-corrected chi connectivity index (χ2v) is 8.37. The molecular weight excluding hydrogens is 346 g/mol. The normalized spacial score (nSPS) is 11.9. The number of aromatic nitrogens is 2. The number of rotatable bonds is 5. The van der Waals surface area contributed by atoms with Gasteiger partial charge in [0.2, 0.25) is 0 Å². The number of terminal acetylenes is 1. The van der Waals surface area contributed by atoms with Crippen LogP contribution in [0.2, 0.25) is 0 Å². The minimum Gasteiger partial charge on any atom is -0.381 e. The highest BCUT2D eigenvalue weighted by Crippen LogP contribution is 2.20. The molecule has 0 aromatic carbocycles. The molecule has 0 atom stereocenters. The van der Waals surface area contributed by atoms with E-state index in [-0.39, 0.29) is 23.1 Å². The molecule has 1 aromatic rings. The molecule has 20 heavy (non-hydrogen) atoms. The molecule has 6 nitrogen and oxygen atoms in total. The fourth-order valence-corrected chi connectivity index (χ4v) is 2.01. The topological polar surface area (TPSA) is 81.1 Å². The molecule has 0 fully saturated rings. The SMILES string of the molecule is C#CCn1ncc(NCC(C)(C)S(C)(=O)=O)c(Br)c1=O. The van der Waals surface area contributed by atoms with Crippen LogP contribution in [-0.4, -0.2) is 35.7 Å². The third kappa shape index (κ3) is 3.61. The minimum atomic E-state index is -3.22. The molecule has 0 aliphatic carbocycles. The Balaban J connectivity index is 3.00. The van der Waals surface area contributed by atoms with Crippen LogP contribution in [0, 0.1) is 12.3 Å². The van der Waals surface area contributed by atoms with E-state index in [1.807, 2.05) is 0 Å². The Bertz CT molecular complexity index is 702. The second kappa shape index (κ2) is 5.97. The molecule has 0 aliphatic heterocycles. The molecule has 0 amide bonds. The highest BCUT2D eigenvalue weighted by molar-refractivity contribution is 9.10. The van der Waals surface area contributed by atoms with Gasteiger partial charge in [0.05, 0.1) is 16.6 Å². The van der Waals surface area contributed by atoms with Gasteiger partial charge in [0, 0.05) is 12.8 Å². The number of hydrogen-bond donors (Lipinski definition) is 1. The summed E-state index contributed by atoms with van der Waals surface area (Å²) in [5.41, 5.74) is 0.0603. The average Bonchev–Trinajstić information content (AvgIpc) is 2.33. The van der Waals surface area contributed by atoms with Gasteiger partial charge in [-0.25, -0.2) is 13.1 Å². The molecule has 0 unspecified atom stereocenters. The maximum Gasteiger partial charge on any atom is 0.284 e. The summed E-state index contributed by atoms with van der Waals surface area (Å²) < 4.78 is 23.7. The van der Waals surface area contributed by atoms with E-state index in [0.29, 0.717) is 5.69 Å². The zero-order valence-corrected chi connectivity index (χ0v) is 13.9. The minimum absolute atomic E-state index is 0.0759. The maximum atomic E-state index is 11.9. The highest BCUT2D eigenvalue weighted by atomic mass is 79.9. The molecule has 1 rings (SSSR count). The molecule has 1 N–H and O–H groups in total. The summed E-state index contributed by atoms with van der Waals surface area (Å²) in [6, 6.07) is 0. The van der Waals surface area contributed by atoms with Crippen molar-refractivity contribution < 1.29 is 8.42 Å². The molecule has 1 aromatic heterocycles. The lowest BCUT2D eigenvalue weighted by atomic mass is 10.2. The molecule has 8 heteroatoms. The summed E-state index contributed by atoms with van der Waals surface area (Å²) in [6.45, 7) is 3.45. The van der Waals surface area contributed by atoms with Gasteiger partial charge in [0.1, 0.15) is 11.0 Å². The maximum absolute atomic E-state index is 11.9. The van der Waals surface area contributed by atoms with Gasteiger partial charge >= 0.3 is 0 Å². The summed E-state index contributed by atoms with van der Waals surface area (Å²) in [5.74, 6) is 2.33. The number of halogens is 1. The first kappa shape index (κ1) is 16.7. The van der Waals surface area contributed by atoms with Crippen molar-refractivity contribution in [1.82, 2.24) is 9.78 Å². The van der Waals surface area contributed by atoms with Crippen molar-refractivity contribution in [2.45, 2.75) is 25.1 Å². The third-order valence-corrected chi connectivity index (χ3v) is 5.85. The summed E-state index contributed by atoms with van der Waals surface area (Å²) in [7, 11) is -3.22. The van der Waals surface area contributed by atoms with Gasteiger partial charge in [-0.2, -0.15) is 5.10 Å². The first-order valence-electron chi connectivity index (χ1n) is 5.72. The molecule has 1 heterocycles. The zero-order chi connectivity index (χ0) is 15.6. The van der Waals surface area contributed by atoms with Crippen LogP contribution in [0.1, 0.15) is 13.8 Å². The van der Waals surface area contributed by atoms with Crippen molar-refractivity contribution in [3.8, 4) is 12.3 Å². The number of nitrogens with one attached hydrogen (secondary N) is 1. The predicted molar refractivity (Wildman–Crippen MR) is 82.4 cm³/mol. The Hall–Kier alpha value is -1.33. The van der Waals surface area contributed by atoms with E-state index in [2.05, 4.69) is 32.3 Å². The standard InChI is InChI=1S/C12H16BrN3O3S/c1-5-6-16-11(17)10(13)9(7-15-16)14-8-12(2,3)20(4,18)19/h1,7,14H,6,8H2,2-4H3. The quantitative estimate of drug-likeness (QED) is 0.787. The van der Waals surface area contributed by atoms with E-state index in [1.165, 1.54) is 12.5 Å². The van der Waals surface area contributed by atoms with Crippen LogP contribution in [0.25, 0.3) is 0 Å². The van der Waals surface area contributed by atoms with Crippen LogP contribution < -0.4 is 10.9 Å². The van der Waals surface area contributed by atoms with Gasteiger partial charge in [-0.3, -0.25) is 4.79 Å². The Morgan fingerprint density at radius 3 is 2.65 bits per heavy atom. The van der Waals surface area contributed by atoms with Crippen molar-refractivity contribution in [2.75, 3.05) is 18.1 Å². The predicted octanol–water partition coefficient (Wildman–Crippen LogP) is 0.874. The van der Waals surface area contributed by atoms with Gasteiger partial charge in [-0.05, 0) is 29.8 Å². The summed E-state index contributed by atoms with van der Waals surface area (Å²) in [6.07, 6.45) is 7.74. The zero-order valence-electron chi connectivity index (χ0n) is 11.5. The first-order chi connectivity index (χ1) is 9.10. The van der Waals surface area contributed by atoms with Crippen molar-refractivity contribution in [1.29, 1.82) is 0 Å². The van der Waals surface area contributed by atoms with E-state index in [1.54, 1.807) is 13.8 Å². The monoisotopic (exact) mass is 361 g/mol. The molecule has 0 saturated carbocycles. The lowest BCUT2D eigenvalue weighted by Crippen LogP contribution is -2.38. The molecule has 0 saturated heterocycles. The Morgan fingerprint density at radius 1 is 1.55 bits per heavy atom. The van der Waals surface area contributed by atoms with Gasteiger partial charge in [-0.15, -0.1) is 6.42 Å². The number of hydrogen-bond acceptors (Lipinski definition) is 5. The van der Waals surface area contributed by atoms with Gasteiger partial charge in [-0.1, -0.05) is 5.92 Å². The van der Waals surface area contributed by atoms with E-state index in [9.17, 15) is 13.2 Å². The third-order valence-electron chi connectivity index (χ3n) is 2.93. The molecule has 0 spiro atoms. The van der Waals surface area contributed by atoms with Crippen LogP contribution in [0.4, 0.5) is 5.69 Å². The highest BCUT2D eigenvalue weighted by Gasteiger charge is 2.30. The number of anilines is 1. The van der Waals surface area contributed by atoms with Crippen molar-refractivity contribution in [2.24, 2.45) is 0 Å². The summed E-state index contributed by atoms with van der Waals surface area (Å²) in [5, 5.41) is 6.83. The Labute approximate surface area is 126 Å².